The molecule has 0 spiro atoms. The van der Waals surface area contributed by atoms with Crippen LogP contribution in [0.1, 0.15) is 23.8 Å². The summed E-state index contributed by atoms with van der Waals surface area (Å²) >= 11 is 3.58. The standard InChI is InChI=1S/C14H12BrNO/c1-3-10-7-11(6-9(2)14(10)15)13-5-4-12(8-16)17-13/h4-7H,3H2,1-2H3. The zero-order valence-electron chi connectivity index (χ0n) is 9.75. The van der Waals surface area contributed by atoms with E-state index >= 15 is 0 Å². The van der Waals surface area contributed by atoms with Gasteiger partial charge in [-0.2, -0.15) is 5.26 Å². The van der Waals surface area contributed by atoms with E-state index in [9.17, 15) is 0 Å². The molecule has 86 valence electrons. The summed E-state index contributed by atoms with van der Waals surface area (Å²) in [6.45, 7) is 4.17. The van der Waals surface area contributed by atoms with Gasteiger partial charge in [0.1, 0.15) is 11.8 Å². The Balaban J connectivity index is 2.53. The lowest BCUT2D eigenvalue weighted by Crippen LogP contribution is -1.88. The van der Waals surface area contributed by atoms with Crippen LogP contribution in [0.25, 0.3) is 11.3 Å². The van der Waals surface area contributed by atoms with Crippen LogP contribution < -0.4 is 0 Å². The van der Waals surface area contributed by atoms with Crippen molar-refractivity contribution in [1.29, 1.82) is 5.26 Å². The van der Waals surface area contributed by atoms with Gasteiger partial charge in [-0.1, -0.05) is 22.9 Å². The average Bonchev–Trinajstić information content (AvgIpc) is 2.81. The van der Waals surface area contributed by atoms with Crippen molar-refractivity contribution in [3.63, 3.8) is 0 Å². The van der Waals surface area contributed by atoms with Crippen molar-refractivity contribution in [2.75, 3.05) is 0 Å². The van der Waals surface area contributed by atoms with Crippen molar-refractivity contribution >= 4 is 15.9 Å². The first-order valence-corrected chi connectivity index (χ1v) is 6.24. The monoisotopic (exact) mass is 289 g/mol. The summed E-state index contributed by atoms with van der Waals surface area (Å²) in [7, 11) is 0. The van der Waals surface area contributed by atoms with Crippen LogP contribution >= 0.6 is 15.9 Å². The minimum Gasteiger partial charge on any atom is -0.446 e. The molecule has 0 atom stereocenters. The molecule has 0 fully saturated rings. The number of benzene rings is 1. The second kappa shape index (κ2) is 4.77. The summed E-state index contributed by atoms with van der Waals surface area (Å²) in [5.41, 5.74) is 3.44. The Bertz CT molecular complexity index is 593. The summed E-state index contributed by atoms with van der Waals surface area (Å²) in [4.78, 5) is 0. The number of aryl methyl sites for hydroxylation is 2. The molecule has 2 aromatic rings. The topological polar surface area (TPSA) is 36.9 Å². The highest BCUT2D eigenvalue weighted by Gasteiger charge is 2.09. The van der Waals surface area contributed by atoms with E-state index in [4.69, 9.17) is 9.68 Å². The summed E-state index contributed by atoms with van der Waals surface area (Å²) in [5, 5.41) is 8.75. The molecule has 0 saturated carbocycles. The van der Waals surface area contributed by atoms with E-state index in [1.807, 2.05) is 12.1 Å². The summed E-state index contributed by atoms with van der Waals surface area (Å²) < 4.78 is 6.59. The normalized spacial score (nSPS) is 10.2. The molecule has 0 aliphatic carbocycles. The smallest absolute Gasteiger partial charge is 0.204 e. The van der Waals surface area contributed by atoms with Gasteiger partial charge in [0.25, 0.3) is 0 Å². The number of nitriles is 1. The quantitative estimate of drug-likeness (QED) is 0.819. The molecule has 17 heavy (non-hydrogen) atoms. The highest BCUT2D eigenvalue weighted by Crippen LogP contribution is 2.30. The zero-order chi connectivity index (χ0) is 12.4. The Hall–Kier alpha value is -1.53. The Kier molecular flexibility index (Phi) is 3.35. The molecule has 0 N–H and O–H groups in total. The lowest BCUT2D eigenvalue weighted by atomic mass is 10.0. The van der Waals surface area contributed by atoms with Gasteiger partial charge in [-0.3, -0.25) is 0 Å². The fourth-order valence-corrected chi connectivity index (χ4v) is 2.30. The maximum atomic E-state index is 8.75. The predicted molar refractivity (Wildman–Crippen MR) is 70.7 cm³/mol. The Labute approximate surface area is 109 Å². The Morgan fingerprint density at radius 1 is 1.35 bits per heavy atom. The van der Waals surface area contributed by atoms with Crippen molar-refractivity contribution in [3.05, 3.63) is 45.6 Å². The Morgan fingerprint density at radius 3 is 2.71 bits per heavy atom. The molecule has 0 radical (unpaired) electrons. The Morgan fingerprint density at radius 2 is 2.12 bits per heavy atom. The molecule has 0 aliphatic heterocycles. The van der Waals surface area contributed by atoms with Crippen molar-refractivity contribution in [2.45, 2.75) is 20.3 Å². The molecule has 0 bridgehead atoms. The SMILES string of the molecule is CCc1cc(-c2ccc(C#N)o2)cc(C)c1Br. The van der Waals surface area contributed by atoms with Crippen molar-refractivity contribution < 1.29 is 4.42 Å². The molecular formula is C14H12BrNO. The molecule has 2 nitrogen and oxygen atoms in total. The minimum absolute atomic E-state index is 0.346. The van der Waals surface area contributed by atoms with Crippen LogP contribution in [0.5, 0.6) is 0 Å². The van der Waals surface area contributed by atoms with Crippen molar-refractivity contribution in [3.8, 4) is 17.4 Å². The number of furan rings is 1. The molecule has 1 aromatic carbocycles. The highest BCUT2D eigenvalue weighted by molar-refractivity contribution is 9.10. The second-order valence-corrected chi connectivity index (χ2v) is 4.69. The van der Waals surface area contributed by atoms with E-state index in [0.29, 0.717) is 5.76 Å². The van der Waals surface area contributed by atoms with Crippen molar-refractivity contribution in [1.82, 2.24) is 0 Å². The van der Waals surface area contributed by atoms with Gasteiger partial charge in [0.05, 0.1) is 0 Å². The maximum Gasteiger partial charge on any atom is 0.204 e. The van der Waals surface area contributed by atoms with E-state index in [2.05, 4.69) is 41.9 Å². The molecule has 3 heteroatoms. The van der Waals surface area contributed by atoms with Crippen LogP contribution in [-0.4, -0.2) is 0 Å². The molecular weight excluding hydrogens is 278 g/mol. The highest BCUT2D eigenvalue weighted by atomic mass is 79.9. The van der Waals surface area contributed by atoms with Crippen LogP contribution in [0.2, 0.25) is 0 Å². The first-order valence-electron chi connectivity index (χ1n) is 5.45. The summed E-state index contributed by atoms with van der Waals surface area (Å²) in [6, 6.07) is 9.68. The van der Waals surface area contributed by atoms with Crippen LogP contribution in [0.4, 0.5) is 0 Å². The van der Waals surface area contributed by atoms with Gasteiger partial charge in [0, 0.05) is 10.0 Å². The molecule has 2 rings (SSSR count). The van der Waals surface area contributed by atoms with Gasteiger partial charge in [0.15, 0.2) is 0 Å². The second-order valence-electron chi connectivity index (χ2n) is 3.90. The van der Waals surface area contributed by atoms with Crippen molar-refractivity contribution in [2.24, 2.45) is 0 Å². The number of halogens is 1. The van der Waals surface area contributed by atoms with E-state index in [0.717, 1.165) is 22.2 Å². The van der Waals surface area contributed by atoms with E-state index < -0.39 is 0 Å². The molecule has 0 aliphatic rings. The van der Waals surface area contributed by atoms with Crippen LogP contribution in [0.3, 0.4) is 0 Å². The van der Waals surface area contributed by atoms with Crippen LogP contribution in [-0.2, 0) is 6.42 Å². The molecule has 0 unspecified atom stereocenters. The van der Waals surface area contributed by atoms with Gasteiger partial charge in [-0.05, 0) is 48.7 Å². The third-order valence-corrected chi connectivity index (χ3v) is 3.85. The van der Waals surface area contributed by atoms with Crippen LogP contribution in [0, 0.1) is 18.3 Å². The lowest BCUT2D eigenvalue weighted by molar-refractivity contribution is 0.567. The van der Waals surface area contributed by atoms with Gasteiger partial charge in [0.2, 0.25) is 5.76 Å². The van der Waals surface area contributed by atoms with Gasteiger partial charge in [-0.15, -0.1) is 0 Å². The summed E-state index contributed by atoms with van der Waals surface area (Å²) in [5.74, 6) is 1.09. The third-order valence-electron chi connectivity index (χ3n) is 2.71. The minimum atomic E-state index is 0.346. The predicted octanol–water partition coefficient (Wildman–Crippen LogP) is 4.45. The lowest BCUT2D eigenvalue weighted by Gasteiger charge is -2.07. The largest absolute Gasteiger partial charge is 0.446 e. The van der Waals surface area contributed by atoms with E-state index in [-0.39, 0.29) is 0 Å². The van der Waals surface area contributed by atoms with Gasteiger partial charge >= 0.3 is 0 Å². The van der Waals surface area contributed by atoms with Gasteiger partial charge < -0.3 is 4.42 Å². The molecule has 0 saturated heterocycles. The number of hydrogen-bond acceptors (Lipinski definition) is 2. The first-order chi connectivity index (χ1) is 8.15. The summed E-state index contributed by atoms with van der Waals surface area (Å²) in [6.07, 6.45) is 0.959. The number of rotatable bonds is 2. The maximum absolute atomic E-state index is 8.75. The van der Waals surface area contributed by atoms with Crippen LogP contribution in [0.15, 0.2) is 33.2 Å². The fraction of sp³-hybridized carbons (Fsp3) is 0.214. The van der Waals surface area contributed by atoms with E-state index in [1.165, 1.54) is 11.1 Å². The molecule has 1 aromatic heterocycles. The first kappa shape index (κ1) is 11.9. The fourth-order valence-electron chi connectivity index (χ4n) is 1.80. The molecule has 0 amide bonds. The van der Waals surface area contributed by atoms with Gasteiger partial charge in [-0.25, -0.2) is 0 Å². The number of hydrogen-bond donors (Lipinski definition) is 0. The van der Waals surface area contributed by atoms with E-state index in [1.54, 1.807) is 6.07 Å². The average molecular weight is 290 g/mol. The zero-order valence-corrected chi connectivity index (χ0v) is 11.3. The number of nitrogens with zero attached hydrogens (tertiary/aromatic N) is 1. The third kappa shape index (κ3) is 2.27. The molecule has 1 heterocycles.